The van der Waals surface area contributed by atoms with E-state index in [1.54, 1.807) is 0 Å². The molecular formula is C15H18N6. The molecule has 0 amide bonds. The second kappa shape index (κ2) is 4.58. The van der Waals surface area contributed by atoms with Crippen molar-refractivity contribution in [2.45, 2.75) is 13.5 Å². The second-order valence-electron chi connectivity index (χ2n) is 5.71. The average molecular weight is 282 g/mol. The minimum Gasteiger partial charge on any atom is -0.341 e. The Balaban J connectivity index is 1.49. The summed E-state index contributed by atoms with van der Waals surface area (Å²) in [6.07, 6.45) is 5.73. The fraction of sp³-hybridized carbons (Fsp3) is 0.400. The van der Waals surface area contributed by atoms with Gasteiger partial charge in [0.15, 0.2) is 5.65 Å². The van der Waals surface area contributed by atoms with Gasteiger partial charge in [-0.2, -0.15) is 0 Å². The van der Waals surface area contributed by atoms with Crippen molar-refractivity contribution >= 4 is 17.1 Å². The molecule has 0 aromatic carbocycles. The lowest BCUT2D eigenvalue weighted by atomic mass is 10.0. The lowest BCUT2D eigenvalue weighted by Gasteiger charge is -2.40. The third-order valence-corrected chi connectivity index (χ3v) is 4.22. The SMILES string of the molecule is Cc1nccn1CC1CN(c2nc3cccnc3n2C)C1. The van der Waals surface area contributed by atoms with E-state index in [4.69, 9.17) is 4.98 Å². The number of pyridine rings is 1. The maximum absolute atomic E-state index is 4.69. The smallest absolute Gasteiger partial charge is 0.207 e. The molecule has 3 aromatic rings. The average Bonchev–Trinajstić information content (AvgIpc) is 2.99. The van der Waals surface area contributed by atoms with Crippen molar-refractivity contribution in [3.63, 3.8) is 0 Å². The van der Waals surface area contributed by atoms with Crippen LogP contribution in [-0.4, -0.2) is 37.2 Å². The molecule has 0 N–H and O–H groups in total. The van der Waals surface area contributed by atoms with Crippen molar-refractivity contribution in [2.24, 2.45) is 13.0 Å². The Bertz CT molecular complexity index is 780. The highest BCUT2D eigenvalue weighted by molar-refractivity contribution is 5.74. The van der Waals surface area contributed by atoms with Gasteiger partial charge in [0.25, 0.3) is 0 Å². The molecule has 0 spiro atoms. The normalized spacial score (nSPS) is 15.6. The molecule has 21 heavy (non-hydrogen) atoms. The molecule has 0 bridgehead atoms. The Labute approximate surface area is 123 Å². The molecule has 0 radical (unpaired) electrons. The topological polar surface area (TPSA) is 51.8 Å². The molecule has 4 heterocycles. The van der Waals surface area contributed by atoms with E-state index >= 15 is 0 Å². The van der Waals surface area contributed by atoms with Crippen LogP contribution in [0.3, 0.4) is 0 Å². The Kier molecular flexibility index (Phi) is 2.70. The van der Waals surface area contributed by atoms with Crippen molar-refractivity contribution in [2.75, 3.05) is 18.0 Å². The van der Waals surface area contributed by atoms with Crippen LogP contribution in [0.5, 0.6) is 0 Å². The first-order chi connectivity index (χ1) is 10.2. The van der Waals surface area contributed by atoms with Gasteiger partial charge in [-0.15, -0.1) is 0 Å². The van der Waals surface area contributed by atoms with Gasteiger partial charge in [0.2, 0.25) is 5.95 Å². The number of imidazole rings is 2. The van der Waals surface area contributed by atoms with E-state index in [2.05, 4.69) is 30.2 Å². The van der Waals surface area contributed by atoms with E-state index in [1.165, 1.54) is 0 Å². The van der Waals surface area contributed by atoms with E-state index < -0.39 is 0 Å². The van der Waals surface area contributed by atoms with Gasteiger partial charge < -0.3 is 9.47 Å². The minimum absolute atomic E-state index is 0.658. The monoisotopic (exact) mass is 282 g/mol. The predicted molar refractivity (Wildman–Crippen MR) is 81.2 cm³/mol. The van der Waals surface area contributed by atoms with Gasteiger partial charge in [0, 0.05) is 51.2 Å². The Hall–Kier alpha value is -2.37. The van der Waals surface area contributed by atoms with Gasteiger partial charge in [-0.1, -0.05) is 0 Å². The van der Waals surface area contributed by atoms with Crippen LogP contribution < -0.4 is 4.90 Å². The van der Waals surface area contributed by atoms with Crippen LogP contribution in [0.15, 0.2) is 30.7 Å². The van der Waals surface area contributed by atoms with Gasteiger partial charge in [-0.3, -0.25) is 4.57 Å². The third-order valence-electron chi connectivity index (χ3n) is 4.22. The molecule has 4 rings (SSSR count). The molecule has 1 fully saturated rings. The summed E-state index contributed by atoms with van der Waals surface area (Å²) in [7, 11) is 2.03. The van der Waals surface area contributed by atoms with Crippen molar-refractivity contribution in [3.8, 4) is 0 Å². The van der Waals surface area contributed by atoms with Gasteiger partial charge in [0.1, 0.15) is 11.3 Å². The van der Waals surface area contributed by atoms with Crippen LogP contribution in [0.4, 0.5) is 5.95 Å². The Morgan fingerprint density at radius 2 is 2.10 bits per heavy atom. The molecule has 6 heteroatoms. The highest BCUT2D eigenvalue weighted by atomic mass is 15.3. The maximum Gasteiger partial charge on any atom is 0.207 e. The van der Waals surface area contributed by atoms with E-state index in [9.17, 15) is 0 Å². The van der Waals surface area contributed by atoms with Crippen LogP contribution in [0.1, 0.15) is 5.82 Å². The number of hydrogen-bond acceptors (Lipinski definition) is 4. The summed E-state index contributed by atoms with van der Waals surface area (Å²) < 4.78 is 4.30. The number of aryl methyl sites for hydroxylation is 2. The Morgan fingerprint density at radius 3 is 2.81 bits per heavy atom. The summed E-state index contributed by atoms with van der Waals surface area (Å²) in [5.74, 6) is 2.76. The van der Waals surface area contributed by atoms with Crippen LogP contribution >= 0.6 is 0 Å². The van der Waals surface area contributed by atoms with Crippen LogP contribution in [0.2, 0.25) is 0 Å². The molecule has 1 aliphatic heterocycles. The highest BCUT2D eigenvalue weighted by Crippen LogP contribution is 2.27. The summed E-state index contributed by atoms with van der Waals surface area (Å²) in [6.45, 7) is 5.15. The van der Waals surface area contributed by atoms with Crippen LogP contribution in [0, 0.1) is 12.8 Å². The molecule has 0 atom stereocenters. The molecular weight excluding hydrogens is 264 g/mol. The standard InChI is InChI=1S/C15H18N6/c1-11-16-6-7-20(11)8-12-9-21(10-12)15-18-13-4-3-5-17-14(13)19(15)2/h3-7,12H,8-10H2,1-2H3. The van der Waals surface area contributed by atoms with Gasteiger partial charge in [-0.25, -0.2) is 15.0 Å². The predicted octanol–water partition coefficient (Wildman–Crippen LogP) is 1.61. The summed E-state index contributed by atoms with van der Waals surface area (Å²) in [6, 6.07) is 3.94. The number of anilines is 1. The van der Waals surface area contributed by atoms with Crippen molar-refractivity contribution in [3.05, 3.63) is 36.5 Å². The first kappa shape index (κ1) is 12.4. The first-order valence-corrected chi connectivity index (χ1v) is 7.22. The Morgan fingerprint density at radius 1 is 1.24 bits per heavy atom. The first-order valence-electron chi connectivity index (χ1n) is 7.22. The molecule has 1 aliphatic rings. The van der Waals surface area contributed by atoms with Crippen molar-refractivity contribution in [1.29, 1.82) is 0 Å². The van der Waals surface area contributed by atoms with E-state index in [0.29, 0.717) is 5.92 Å². The fourth-order valence-corrected chi connectivity index (χ4v) is 3.02. The van der Waals surface area contributed by atoms with Crippen molar-refractivity contribution in [1.82, 2.24) is 24.1 Å². The molecule has 1 saturated heterocycles. The zero-order valence-electron chi connectivity index (χ0n) is 12.3. The number of fused-ring (bicyclic) bond motifs is 1. The lowest BCUT2D eigenvalue weighted by Crippen LogP contribution is -2.49. The third kappa shape index (κ3) is 1.98. The number of hydrogen-bond donors (Lipinski definition) is 0. The summed E-state index contributed by atoms with van der Waals surface area (Å²) in [5, 5.41) is 0. The molecule has 108 valence electrons. The zero-order chi connectivity index (χ0) is 14.4. The summed E-state index contributed by atoms with van der Waals surface area (Å²) >= 11 is 0. The molecule has 0 unspecified atom stereocenters. The highest BCUT2D eigenvalue weighted by Gasteiger charge is 2.30. The van der Waals surface area contributed by atoms with Gasteiger partial charge in [0.05, 0.1) is 0 Å². The van der Waals surface area contributed by atoms with Gasteiger partial charge >= 0.3 is 0 Å². The molecule has 3 aromatic heterocycles. The molecule has 0 saturated carbocycles. The number of aromatic nitrogens is 5. The van der Waals surface area contributed by atoms with Crippen molar-refractivity contribution < 1.29 is 0 Å². The second-order valence-corrected chi connectivity index (χ2v) is 5.71. The van der Waals surface area contributed by atoms with E-state index in [1.807, 2.05) is 38.5 Å². The van der Waals surface area contributed by atoms with Gasteiger partial charge in [-0.05, 0) is 19.1 Å². The largest absolute Gasteiger partial charge is 0.341 e. The summed E-state index contributed by atoms with van der Waals surface area (Å²) in [4.78, 5) is 15.7. The van der Waals surface area contributed by atoms with Crippen LogP contribution in [0.25, 0.3) is 11.2 Å². The van der Waals surface area contributed by atoms with E-state index in [0.717, 1.165) is 42.6 Å². The quantitative estimate of drug-likeness (QED) is 0.732. The fourth-order valence-electron chi connectivity index (χ4n) is 3.02. The zero-order valence-corrected chi connectivity index (χ0v) is 12.3. The summed E-state index contributed by atoms with van der Waals surface area (Å²) in [5.41, 5.74) is 1.91. The van der Waals surface area contributed by atoms with Crippen LogP contribution in [-0.2, 0) is 13.6 Å². The molecule has 6 nitrogen and oxygen atoms in total. The minimum atomic E-state index is 0.658. The molecule has 0 aliphatic carbocycles. The maximum atomic E-state index is 4.69. The number of rotatable bonds is 3. The number of nitrogens with zero attached hydrogens (tertiary/aromatic N) is 6. The lowest BCUT2D eigenvalue weighted by molar-refractivity contribution is 0.348. The van der Waals surface area contributed by atoms with E-state index in [-0.39, 0.29) is 0 Å².